The molecule has 2 saturated heterocycles. The van der Waals surface area contributed by atoms with Gasteiger partial charge in [-0.2, -0.15) is 0 Å². The van der Waals surface area contributed by atoms with Crippen LogP contribution in [-0.2, 0) is 4.79 Å². The Morgan fingerprint density at radius 1 is 1.44 bits per heavy atom. The number of carbonyl (C=O) groups excluding carboxylic acids is 1. The summed E-state index contributed by atoms with van der Waals surface area (Å²) in [5.41, 5.74) is 3.81. The number of anilines is 1. The molecular formula is C11H13ClN4OS. The number of hydrazine groups is 1. The Morgan fingerprint density at radius 2 is 2.28 bits per heavy atom. The Kier molecular flexibility index (Phi) is 3.11. The maximum Gasteiger partial charge on any atom is 0.229 e. The largest absolute Gasteiger partial charge is 0.332 e. The Morgan fingerprint density at radius 3 is 3.06 bits per heavy atom. The summed E-state index contributed by atoms with van der Waals surface area (Å²) in [4.78, 5) is 11.8. The van der Waals surface area contributed by atoms with Gasteiger partial charge in [-0.1, -0.05) is 17.7 Å². The van der Waals surface area contributed by atoms with Crippen LogP contribution in [0.25, 0.3) is 0 Å². The minimum atomic E-state index is -0.333. The topological polar surface area (TPSA) is 56.4 Å². The molecule has 5 nitrogen and oxygen atoms in total. The molecule has 3 N–H and O–H groups in total. The molecule has 2 heterocycles. The highest BCUT2D eigenvalue weighted by Gasteiger charge is 2.43. The van der Waals surface area contributed by atoms with Gasteiger partial charge in [0.25, 0.3) is 0 Å². The molecule has 7 heteroatoms. The van der Waals surface area contributed by atoms with E-state index in [0.717, 1.165) is 5.69 Å². The van der Waals surface area contributed by atoms with E-state index in [9.17, 15) is 4.79 Å². The number of carbonyl (C=O) groups is 1. The highest BCUT2D eigenvalue weighted by molar-refractivity contribution is 7.80. The van der Waals surface area contributed by atoms with Crippen LogP contribution < -0.4 is 21.1 Å². The van der Waals surface area contributed by atoms with Crippen molar-refractivity contribution in [2.75, 3.05) is 11.6 Å². The van der Waals surface area contributed by atoms with E-state index >= 15 is 0 Å². The first-order chi connectivity index (χ1) is 8.65. The van der Waals surface area contributed by atoms with Crippen molar-refractivity contribution >= 4 is 35.8 Å². The molecule has 3 rings (SSSR count). The minimum absolute atomic E-state index is 0.00998. The molecule has 96 valence electrons. The smallest absolute Gasteiger partial charge is 0.229 e. The lowest BCUT2D eigenvalue weighted by molar-refractivity contribution is -0.127. The van der Waals surface area contributed by atoms with E-state index in [-0.39, 0.29) is 23.5 Å². The van der Waals surface area contributed by atoms with Gasteiger partial charge >= 0.3 is 0 Å². The maximum absolute atomic E-state index is 11.8. The maximum atomic E-state index is 11.8. The molecule has 0 aliphatic carbocycles. The summed E-state index contributed by atoms with van der Waals surface area (Å²) in [6.07, 6.45) is -0.111. The number of nitrogens with one attached hydrogen (secondary N) is 3. The number of hydrogen-bond donors (Lipinski definition) is 4. The fourth-order valence-corrected chi connectivity index (χ4v) is 2.80. The summed E-state index contributed by atoms with van der Waals surface area (Å²) in [7, 11) is 0. The van der Waals surface area contributed by atoms with Crippen LogP contribution in [0.3, 0.4) is 0 Å². The second-order valence-corrected chi connectivity index (χ2v) is 5.29. The van der Waals surface area contributed by atoms with Gasteiger partial charge in [0.1, 0.15) is 11.7 Å². The lowest BCUT2D eigenvalue weighted by atomic mass is 10.1. The summed E-state index contributed by atoms with van der Waals surface area (Å²) in [5.74, 6) is -0.122. The van der Waals surface area contributed by atoms with Crippen LogP contribution in [0, 0.1) is 5.92 Å². The van der Waals surface area contributed by atoms with Crippen LogP contribution in [0.2, 0.25) is 5.02 Å². The molecule has 0 spiro atoms. The van der Waals surface area contributed by atoms with Gasteiger partial charge in [-0.15, -0.1) is 12.6 Å². The third kappa shape index (κ3) is 2.05. The minimum Gasteiger partial charge on any atom is -0.332 e. The molecule has 2 aliphatic heterocycles. The molecule has 0 bridgehead atoms. The summed E-state index contributed by atoms with van der Waals surface area (Å²) in [5, 5.41) is 8.58. The molecule has 0 aromatic heterocycles. The molecule has 2 fully saturated rings. The fourth-order valence-electron chi connectivity index (χ4n) is 2.34. The fraction of sp³-hybridized carbons (Fsp3) is 0.364. The number of amides is 1. The highest BCUT2D eigenvalue weighted by atomic mass is 35.5. The van der Waals surface area contributed by atoms with Crippen molar-refractivity contribution in [3.05, 3.63) is 29.3 Å². The van der Waals surface area contributed by atoms with Crippen molar-refractivity contribution < 1.29 is 4.79 Å². The number of thiol groups is 1. The van der Waals surface area contributed by atoms with Crippen molar-refractivity contribution in [3.63, 3.8) is 0 Å². The predicted molar refractivity (Wildman–Crippen MR) is 73.3 cm³/mol. The molecule has 18 heavy (non-hydrogen) atoms. The first-order valence-corrected chi connectivity index (χ1v) is 6.57. The highest BCUT2D eigenvalue weighted by Crippen LogP contribution is 2.27. The zero-order chi connectivity index (χ0) is 12.7. The second kappa shape index (κ2) is 4.62. The van der Waals surface area contributed by atoms with Crippen LogP contribution >= 0.6 is 24.2 Å². The predicted octanol–water partition coefficient (Wildman–Crippen LogP) is 0.540. The van der Waals surface area contributed by atoms with E-state index in [1.165, 1.54) is 0 Å². The van der Waals surface area contributed by atoms with E-state index in [2.05, 4.69) is 28.7 Å². The Bertz CT molecular complexity index is 486. The monoisotopic (exact) mass is 284 g/mol. The standard InChI is InChI=1S/C11H13ClN4OS/c12-6-2-1-3-7(4-6)16-9-8(5-13-16)10(17)15-11(18)14-9/h1-4,8-9,11,13-14,18H,5H2,(H,15,17). The number of benzene rings is 1. The summed E-state index contributed by atoms with van der Waals surface area (Å²) < 4.78 is 0. The average molecular weight is 285 g/mol. The van der Waals surface area contributed by atoms with Gasteiger partial charge in [0.05, 0.1) is 11.6 Å². The van der Waals surface area contributed by atoms with Crippen molar-refractivity contribution in [2.45, 2.75) is 11.7 Å². The third-order valence-corrected chi connectivity index (χ3v) is 3.68. The van der Waals surface area contributed by atoms with Crippen LogP contribution in [0.1, 0.15) is 0 Å². The molecule has 1 amide bonds. The number of rotatable bonds is 1. The molecule has 3 atom stereocenters. The third-order valence-electron chi connectivity index (χ3n) is 3.17. The van der Waals surface area contributed by atoms with Crippen molar-refractivity contribution in [2.24, 2.45) is 5.92 Å². The Hall–Kier alpha value is -0.950. The van der Waals surface area contributed by atoms with Crippen molar-refractivity contribution in [1.29, 1.82) is 0 Å². The molecule has 1 aromatic rings. The lowest BCUT2D eigenvalue weighted by Crippen LogP contribution is -2.62. The molecule has 2 aliphatic rings. The molecule has 0 saturated carbocycles. The Labute approximate surface area is 115 Å². The normalized spacial score (nSPS) is 31.1. The Balaban J connectivity index is 1.88. The molecular weight excluding hydrogens is 272 g/mol. The summed E-state index contributed by atoms with van der Waals surface area (Å²) in [6.45, 7) is 0.594. The van der Waals surface area contributed by atoms with E-state index in [1.54, 1.807) is 0 Å². The van der Waals surface area contributed by atoms with Crippen LogP contribution in [-0.4, -0.2) is 24.1 Å². The number of fused-ring (bicyclic) bond motifs is 1. The average Bonchev–Trinajstić information content (AvgIpc) is 2.72. The molecule has 0 radical (unpaired) electrons. The summed E-state index contributed by atoms with van der Waals surface area (Å²) >= 11 is 10.2. The van der Waals surface area contributed by atoms with Gasteiger partial charge in [0.2, 0.25) is 5.91 Å². The summed E-state index contributed by atoms with van der Waals surface area (Å²) in [6, 6.07) is 7.51. The van der Waals surface area contributed by atoms with Crippen LogP contribution in [0.15, 0.2) is 24.3 Å². The first kappa shape index (κ1) is 12.1. The van der Waals surface area contributed by atoms with Crippen LogP contribution in [0.5, 0.6) is 0 Å². The van der Waals surface area contributed by atoms with Gasteiger partial charge in [0, 0.05) is 11.6 Å². The number of halogens is 1. The van der Waals surface area contributed by atoms with Gasteiger partial charge < -0.3 is 5.32 Å². The second-order valence-electron chi connectivity index (χ2n) is 4.34. The molecule has 3 unspecified atom stereocenters. The van der Waals surface area contributed by atoms with E-state index in [4.69, 9.17) is 11.6 Å². The first-order valence-electron chi connectivity index (χ1n) is 5.68. The number of nitrogens with zero attached hydrogens (tertiary/aromatic N) is 1. The van der Waals surface area contributed by atoms with Gasteiger partial charge in [-0.05, 0) is 18.2 Å². The zero-order valence-corrected chi connectivity index (χ0v) is 11.1. The van der Waals surface area contributed by atoms with E-state index in [0.29, 0.717) is 11.6 Å². The molecule has 1 aromatic carbocycles. The quantitative estimate of drug-likeness (QED) is 0.569. The van der Waals surface area contributed by atoms with Crippen LogP contribution in [0.4, 0.5) is 5.69 Å². The van der Waals surface area contributed by atoms with Crippen molar-refractivity contribution in [3.8, 4) is 0 Å². The van der Waals surface area contributed by atoms with E-state index in [1.807, 2.05) is 29.3 Å². The SMILES string of the molecule is O=C1NC(S)NC2C1CNN2c1cccc(Cl)c1. The zero-order valence-electron chi connectivity index (χ0n) is 9.43. The number of hydrogen-bond acceptors (Lipinski definition) is 5. The van der Waals surface area contributed by atoms with E-state index < -0.39 is 0 Å². The van der Waals surface area contributed by atoms with Crippen molar-refractivity contribution in [1.82, 2.24) is 16.1 Å². The van der Waals surface area contributed by atoms with Gasteiger partial charge in [-0.3, -0.25) is 15.1 Å². The van der Waals surface area contributed by atoms with Gasteiger partial charge in [-0.25, -0.2) is 5.43 Å². The van der Waals surface area contributed by atoms with Gasteiger partial charge in [0.15, 0.2) is 0 Å². The lowest BCUT2D eigenvalue weighted by Gasteiger charge is -2.35.